The molecule has 0 atom stereocenters. The lowest BCUT2D eigenvalue weighted by molar-refractivity contribution is 0.370. The SMILES string of the molecule is COC(=Cc1ccc(N)cc1S(=O)(=O)[O-])c1ccc(N)cc1S(=O)(=O)[O-]. The molecule has 0 heterocycles. The highest BCUT2D eigenvalue weighted by molar-refractivity contribution is 7.86. The van der Waals surface area contributed by atoms with Crippen LogP contribution in [0, 0.1) is 0 Å². The Bertz CT molecular complexity index is 1090. The molecule has 140 valence electrons. The zero-order valence-electron chi connectivity index (χ0n) is 13.4. The molecule has 0 fully saturated rings. The molecule has 0 aliphatic heterocycles. The van der Waals surface area contributed by atoms with Crippen LogP contribution in [0.2, 0.25) is 0 Å². The molecule has 2 aromatic carbocycles. The minimum absolute atomic E-state index is 0.0361. The summed E-state index contributed by atoms with van der Waals surface area (Å²) < 4.78 is 73.9. The average Bonchev–Trinajstić information content (AvgIpc) is 2.52. The van der Waals surface area contributed by atoms with Gasteiger partial charge in [0.05, 0.1) is 16.9 Å². The van der Waals surface area contributed by atoms with Gasteiger partial charge in [-0.15, -0.1) is 0 Å². The summed E-state index contributed by atoms with van der Waals surface area (Å²) in [6.07, 6.45) is 1.12. The molecular weight excluding hydrogens is 384 g/mol. The number of rotatable bonds is 5. The molecule has 2 aromatic rings. The minimum atomic E-state index is -4.90. The van der Waals surface area contributed by atoms with Crippen LogP contribution in [-0.2, 0) is 25.0 Å². The Morgan fingerprint density at radius 3 is 1.92 bits per heavy atom. The van der Waals surface area contributed by atoms with E-state index in [4.69, 9.17) is 16.2 Å². The van der Waals surface area contributed by atoms with Gasteiger partial charge in [-0.05, 0) is 42.0 Å². The van der Waals surface area contributed by atoms with Gasteiger partial charge in [-0.1, -0.05) is 6.07 Å². The fourth-order valence-electron chi connectivity index (χ4n) is 2.22. The number of anilines is 2. The molecule has 0 aliphatic rings. The topological polar surface area (TPSA) is 176 Å². The summed E-state index contributed by atoms with van der Waals surface area (Å²) in [4.78, 5) is -1.26. The van der Waals surface area contributed by atoms with E-state index >= 15 is 0 Å². The maximum Gasteiger partial charge on any atom is 0.127 e. The summed E-state index contributed by atoms with van der Waals surface area (Å²) in [6.45, 7) is 0. The van der Waals surface area contributed by atoms with Crippen molar-refractivity contribution in [2.75, 3.05) is 18.6 Å². The third-order valence-corrected chi connectivity index (χ3v) is 5.12. The van der Waals surface area contributed by atoms with E-state index in [9.17, 15) is 25.9 Å². The van der Waals surface area contributed by atoms with Crippen molar-refractivity contribution in [3.63, 3.8) is 0 Å². The van der Waals surface area contributed by atoms with E-state index in [1.54, 1.807) is 0 Å². The van der Waals surface area contributed by atoms with Gasteiger partial charge in [-0.25, -0.2) is 16.8 Å². The molecule has 26 heavy (non-hydrogen) atoms. The monoisotopic (exact) mass is 398 g/mol. The van der Waals surface area contributed by atoms with Crippen LogP contribution < -0.4 is 11.5 Å². The second-order valence-corrected chi connectivity index (χ2v) is 7.87. The number of hydrogen-bond acceptors (Lipinski definition) is 9. The van der Waals surface area contributed by atoms with Crippen molar-refractivity contribution in [1.82, 2.24) is 0 Å². The normalized spacial score (nSPS) is 12.8. The highest BCUT2D eigenvalue weighted by Crippen LogP contribution is 2.30. The first kappa shape index (κ1) is 19.7. The molecule has 0 saturated heterocycles. The van der Waals surface area contributed by atoms with Crippen LogP contribution in [0.1, 0.15) is 11.1 Å². The number of nitrogens with two attached hydrogens (primary N) is 2. The van der Waals surface area contributed by atoms with Gasteiger partial charge in [0, 0.05) is 16.9 Å². The maximum absolute atomic E-state index is 11.5. The molecule has 0 radical (unpaired) electrons. The molecule has 11 heteroatoms. The van der Waals surface area contributed by atoms with Crippen LogP contribution in [-0.4, -0.2) is 33.1 Å². The van der Waals surface area contributed by atoms with Gasteiger partial charge in [-0.3, -0.25) is 0 Å². The summed E-state index contributed by atoms with van der Waals surface area (Å²) in [6, 6.07) is 7.10. The Morgan fingerprint density at radius 2 is 1.42 bits per heavy atom. The lowest BCUT2D eigenvalue weighted by Gasteiger charge is -2.17. The van der Waals surface area contributed by atoms with E-state index in [0.717, 1.165) is 18.2 Å². The number of nitrogen functional groups attached to an aromatic ring is 2. The quantitative estimate of drug-likeness (QED) is 0.319. The second-order valence-electron chi connectivity index (χ2n) is 5.17. The van der Waals surface area contributed by atoms with Gasteiger partial charge >= 0.3 is 0 Å². The van der Waals surface area contributed by atoms with E-state index in [0.29, 0.717) is 0 Å². The second kappa shape index (κ2) is 6.96. The molecule has 0 amide bonds. The summed E-state index contributed by atoms with van der Waals surface area (Å²) in [7, 11) is -8.58. The van der Waals surface area contributed by atoms with Crippen molar-refractivity contribution in [1.29, 1.82) is 0 Å². The first-order valence-electron chi connectivity index (χ1n) is 6.90. The zero-order valence-corrected chi connectivity index (χ0v) is 15.0. The van der Waals surface area contributed by atoms with E-state index < -0.39 is 30.0 Å². The van der Waals surface area contributed by atoms with Crippen LogP contribution >= 0.6 is 0 Å². The molecule has 0 aliphatic carbocycles. The van der Waals surface area contributed by atoms with Crippen LogP contribution in [0.4, 0.5) is 11.4 Å². The molecule has 9 nitrogen and oxygen atoms in total. The molecule has 4 N–H and O–H groups in total. The largest absolute Gasteiger partial charge is 0.744 e. The molecule has 0 aromatic heterocycles. The highest BCUT2D eigenvalue weighted by Gasteiger charge is 2.16. The van der Waals surface area contributed by atoms with E-state index in [1.165, 1.54) is 31.4 Å². The Balaban J connectivity index is 2.77. The number of hydrogen-bond donors (Lipinski definition) is 2. The fourth-order valence-corrected chi connectivity index (χ4v) is 3.64. The van der Waals surface area contributed by atoms with Gasteiger partial charge in [0.1, 0.15) is 26.0 Å². The standard InChI is InChI=1S/C15H16N2O7S2/c1-24-13(12-5-4-11(17)8-15(12)26(21,22)23)6-9-2-3-10(16)7-14(9)25(18,19)20/h2-8H,16-17H2,1H3,(H,18,19,20)(H,21,22,23)/p-2. The van der Waals surface area contributed by atoms with Crippen LogP contribution in [0.3, 0.4) is 0 Å². The number of benzene rings is 2. The van der Waals surface area contributed by atoms with Crippen molar-refractivity contribution in [2.45, 2.75) is 9.79 Å². The zero-order chi connectivity index (χ0) is 19.7. The fraction of sp³-hybridized carbons (Fsp3) is 0.0667. The Hall–Kier alpha value is -2.60. The Kier molecular flexibility index (Phi) is 5.28. The van der Waals surface area contributed by atoms with Crippen molar-refractivity contribution in [2.24, 2.45) is 0 Å². The summed E-state index contributed by atoms with van der Waals surface area (Å²) in [5.41, 5.74) is 10.9. The Labute approximate surface area is 150 Å². The minimum Gasteiger partial charge on any atom is -0.744 e. The molecule has 0 saturated carbocycles. The van der Waals surface area contributed by atoms with Crippen LogP contribution in [0.25, 0.3) is 11.8 Å². The van der Waals surface area contributed by atoms with Crippen molar-refractivity contribution >= 4 is 43.4 Å². The highest BCUT2D eigenvalue weighted by atomic mass is 32.2. The van der Waals surface area contributed by atoms with Crippen molar-refractivity contribution in [3.05, 3.63) is 47.5 Å². The average molecular weight is 398 g/mol. The molecule has 0 spiro atoms. The van der Waals surface area contributed by atoms with Gasteiger partial charge in [0.25, 0.3) is 0 Å². The van der Waals surface area contributed by atoms with E-state index in [1.807, 2.05) is 0 Å². The van der Waals surface area contributed by atoms with E-state index in [-0.39, 0.29) is 28.3 Å². The predicted octanol–water partition coefficient (Wildman–Crippen LogP) is 0.804. The Morgan fingerprint density at radius 1 is 0.923 bits per heavy atom. The lowest BCUT2D eigenvalue weighted by atomic mass is 10.1. The third-order valence-electron chi connectivity index (χ3n) is 3.35. The first-order chi connectivity index (χ1) is 11.9. The molecule has 0 unspecified atom stereocenters. The number of ether oxygens (including phenoxy) is 1. The lowest BCUT2D eigenvalue weighted by Crippen LogP contribution is -2.06. The summed E-state index contributed by atoms with van der Waals surface area (Å²) in [5, 5.41) is 0. The van der Waals surface area contributed by atoms with E-state index in [2.05, 4.69) is 0 Å². The maximum atomic E-state index is 11.5. The van der Waals surface area contributed by atoms with Gasteiger partial charge < -0.3 is 25.3 Å². The molecule has 0 bridgehead atoms. The van der Waals surface area contributed by atoms with Gasteiger partial charge in [0.2, 0.25) is 0 Å². The third kappa shape index (κ3) is 4.32. The predicted molar refractivity (Wildman–Crippen MR) is 92.5 cm³/mol. The number of methoxy groups -OCH3 is 1. The van der Waals surface area contributed by atoms with Gasteiger partial charge in [-0.2, -0.15) is 0 Å². The van der Waals surface area contributed by atoms with Crippen LogP contribution in [0.5, 0.6) is 0 Å². The van der Waals surface area contributed by atoms with Crippen LogP contribution in [0.15, 0.2) is 46.2 Å². The van der Waals surface area contributed by atoms with Crippen molar-refractivity contribution in [3.8, 4) is 0 Å². The van der Waals surface area contributed by atoms with Crippen molar-refractivity contribution < 1.29 is 30.7 Å². The summed E-state index contributed by atoms with van der Waals surface area (Å²) in [5.74, 6) is -0.158. The molecular formula is C15H14N2O7S2-2. The van der Waals surface area contributed by atoms with Gasteiger partial charge in [0.15, 0.2) is 0 Å². The first-order valence-corrected chi connectivity index (χ1v) is 9.72. The smallest absolute Gasteiger partial charge is 0.127 e. The molecule has 2 rings (SSSR count). The summed E-state index contributed by atoms with van der Waals surface area (Å²) >= 11 is 0.